The Morgan fingerprint density at radius 2 is 2.12 bits per heavy atom. The number of hydrogen-bond acceptors (Lipinski definition) is 6. The number of carbonyl (C=O) groups is 1. The van der Waals surface area contributed by atoms with E-state index in [4.69, 9.17) is 4.74 Å². The van der Waals surface area contributed by atoms with Crippen LogP contribution in [0.4, 0.5) is 0 Å². The zero-order valence-electron chi connectivity index (χ0n) is 19.5. The minimum atomic E-state index is -0.719. The predicted octanol–water partition coefficient (Wildman–Crippen LogP) is 4.76. The number of aliphatic carboxylic acids is 1. The number of aliphatic hydroxyl groups is 1. The molecule has 1 aromatic carbocycles. The van der Waals surface area contributed by atoms with Crippen molar-refractivity contribution in [3.63, 3.8) is 0 Å². The number of thioether (sulfide) groups is 1. The summed E-state index contributed by atoms with van der Waals surface area (Å²) < 4.78 is 5.35. The molecule has 2 heterocycles. The Labute approximate surface area is 200 Å². The Morgan fingerprint density at radius 3 is 2.85 bits per heavy atom. The SMILES string of the molecule is COc1ccc2nccc(C(O)CC[C@@H]3CCN(CCSC4CCC4)C[C@@H]3CC(=O)O)c2c1. The summed E-state index contributed by atoms with van der Waals surface area (Å²) in [5.41, 5.74) is 1.70. The summed E-state index contributed by atoms with van der Waals surface area (Å²) in [5, 5.41) is 22.3. The van der Waals surface area contributed by atoms with Gasteiger partial charge in [0.05, 0.1) is 18.7 Å². The molecule has 1 aromatic heterocycles. The lowest BCUT2D eigenvalue weighted by molar-refractivity contribution is -0.139. The van der Waals surface area contributed by atoms with Gasteiger partial charge in [0.1, 0.15) is 5.75 Å². The number of rotatable bonds is 11. The van der Waals surface area contributed by atoms with Crippen molar-refractivity contribution in [2.24, 2.45) is 11.8 Å². The zero-order valence-corrected chi connectivity index (χ0v) is 20.3. The van der Waals surface area contributed by atoms with Crippen LogP contribution >= 0.6 is 11.8 Å². The Hall–Kier alpha value is -1.83. The van der Waals surface area contributed by atoms with Gasteiger partial charge in [0.25, 0.3) is 0 Å². The van der Waals surface area contributed by atoms with Crippen molar-refractivity contribution in [1.82, 2.24) is 9.88 Å². The molecular formula is C26H36N2O4S. The molecule has 2 aromatic rings. The maximum absolute atomic E-state index is 11.5. The average Bonchev–Trinajstić information content (AvgIpc) is 2.78. The highest BCUT2D eigenvalue weighted by molar-refractivity contribution is 7.99. The molecule has 0 spiro atoms. The third-order valence-corrected chi connectivity index (χ3v) is 8.74. The third kappa shape index (κ3) is 6.40. The van der Waals surface area contributed by atoms with Crippen LogP contribution in [-0.4, -0.2) is 63.8 Å². The molecule has 1 unspecified atom stereocenters. The number of nitrogens with zero attached hydrogens (tertiary/aromatic N) is 2. The fraction of sp³-hybridized carbons (Fsp3) is 0.615. The van der Waals surface area contributed by atoms with E-state index in [1.165, 1.54) is 19.3 Å². The monoisotopic (exact) mass is 472 g/mol. The summed E-state index contributed by atoms with van der Waals surface area (Å²) >= 11 is 2.08. The number of hydrogen-bond donors (Lipinski definition) is 2. The van der Waals surface area contributed by atoms with Crippen molar-refractivity contribution in [1.29, 1.82) is 0 Å². The van der Waals surface area contributed by atoms with Crippen molar-refractivity contribution in [3.05, 3.63) is 36.0 Å². The number of likely N-dealkylation sites (tertiary alicyclic amines) is 1. The number of carboxylic acids is 1. The van der Waals surface area contributed by atoms with Gasteiger partial charge in [-0.2, -0.15) is 11.8 Å². The minimum Gasteiger partial charge on any atom is -0.497 e. The van der Waals surface area contributed by atoms with Crippen LogP contribution in [0, 0.1) is 11.8 Å². The van der Waals surface area contributed by atoms with Crippen molar-refractivity contribution < 1.29 is 19.7 Å². The highest BCUT2D eigenvalue weighted by Gasteiger charge is 2.31. The van der Waals surface area contributed by atoms with Crippen molar-refractivity contribution in [3.8, 4) is 5.75 Å². The van der Waals surface area contributed by atoms with E-state index < -0.39 is 12.1 Å². The lowest BCUT2D eigenvalue weighted by atomic mass is 9.79. The first-order valence-electron chi connectivity index (χ1n) is 12.2. The van der Waals surface area contributed by atoms with Crippen molar-refractivity contribution >= 4 is 28.6 Å². The fourth-order valence-corrected chi connectivity index (χ4v) is 6.54. The molecule has 2 N–H and O–H groups in total. The van der Waals surface area contributed by atoms with E-state index in [1.54, 1.807) is 13.3 Å². The van der Waals surface area contributed by atoms with Crippen LogP contribution in [0.15, 0.2) is 30.5 Å². The summed E-state index contributed by atoms with van der Waals surface area (Å²) in [6.07, 6.45) is 7.88. The number of piperidine rings is 1. The highest BCUT2D eigenvalue weighted by Crippen LogP contribution is 2.35. The summed E-state index contributed by atoms with van der Waals surface area (Å²) in [4.78, 5) is 18.4. The number of benzene rings is 1. The number of methoxy groups -OCH3 is 1. The molecule has 1 saturated heterocycles. The molecule has 2 aliphatic rings. The molecular weight excluding hydrogens is 436 g/mol. The minimum absolute atomic E-state index is 0.145. The molecule has 1 saturated carbocycles. The quantitative estimate of drug-likeness (QED) is 0.488. The Morgan fingerprint density at radius 1 is 1.27 bits per heavy atom. The molecule has 0 bridgehead atoms. The van der Waals surface area contributed by atoms with Crippen LogP contribution in [0.2, 0.25) is 0 Å². The van der Waals surface area contributed by atoms with Crippen LogP contribution in [0.25, 0.3) is 10.9 Å². The lowest BCUT2D eigenvalue weighted by Gasteiger charge is -2.39. The largest absolute Gasteiger partial charge is 0.497 e. The van der Waals surface area contributed by atoms with E-state index in [9.17, 15) is 15.0 Å². The van der Waals surface area contributed by atoms with Crippen LogP contribution in [-0.2, 0) is 4.79 Å². The number of aromatic nitrogens is 1. The first-order valence-corrected chi connectivity index (χ1v) is 13.2. The van der Waals surface area contributed by atoms with Gasteiger partial charge in [-0.15, -0.1) is 0 Å². The van der Waals surface area contributed by atoms with E-state index in [-0.39, 0.29) is 12.3 Å². The van der Waals surface area contributed by atoms with Gasteiger partial charge < -0.3 is 19.8 Å². The molecule has 0 amide bonds. The third-order valence-electron chi connectivity index (χ3n) is 7.38. The molecule has 180 valence electrons. The van der Waals surface area contributed by atoms with E-state index in [1.807, 2.05) is 24.3 Å². The number of carboxylic acid groups (broad SMARTS) is 1. The van der Waals surface area contributed by atoms with Crippen LogP contribution < -0.4 is 4.74 Å². The van der Waals surface area contributed by atoms with E-state index in [0.717, 1.165) is 65.7 Å². The van der Waals surface area contributed by atoms with Crippen molar-refractivity contribution in [2.45, 2.75) is 56.3 Å². The molecule has 0 radical (unpaired) electrons. The average molecular weight is 473 g/mol. The zero-order chi connectivity index (χ0) is 23.2. The Bertz CT molecular complexity index is 936. The van der Waals surface area contributed by atoms with Gasteiger partial charge in [0, 0.05) is 42.1 Å². The van der Waals surface area contributed by atoms with Gasteiger partial charge in [-0.05, 0) is 80.3 Å². The second kappa shape index (κ2) is 11.5. The predicted molar refractivity (Wildman–Crippen MR) is 133 cm³/mol. The molecule has 2 fully saturated rings. The second-order valence-corrected chi connectivity index (χ2v) is 10.9. The Kier molecular flexibility index (Phi) is 8.50. The maximum atomic E-state index is 11.5. The summed E-state index contributed by atoms with van der Waals surface area (Å²) in [7, 11) is 1.63. The van der Waals surface area contributed by atoms with E-state index in [0.29, 0.717) is 12.3 Å². The van der Waals surface area contributed by atoms with Gasteiger partial charge >= 0.3 is 5.97 Å². The fourth-order valence-electron chi connectivity index (χ4n) is 5.17. The Balaban J connectivity index is 1.35. The van der Waals surface area contributed by atoms with Gasteiger partial charge in [0.2, 0.25) is 0 Å². The molecule has 7 heteroatoms. The molecule has 4 rings (SSSR count). The first kappa shape index (κ1) is 24.3. The van der Waals surface area contributed by atoms with Gasteiger partial charge in [-0.25, -0.2) is 0 Å². The molecule has 33 heavy (non-hydrogen) atoms. The van der Waals surface area contributed by atoms with Gasteiger partial charge in [0.15, 0.2) is 0 Å². The van der Waals surface area contributed by atoms with E-state index in [2.05, 4.69) is 21.6 Å². The number of aliphatic hydroxyl groups excluding tert-OH is 1. The molecule has 1 aliphatic heterocycles. The first-order chi connectivity index (χ1) is 16.0. The maximum Gasteiger partial charge on any atom is 0.303 e. The lowest BCUT2D eigenvalue weighted by Crippen LogP contribution is -2.42. The molecule has 3 atom stereocenters. The summed E-state index contributed by atoms with van der Waals surface area (Å²) in [5.74, 6) is 1.64. The normalized spacial score (nSPS) is 22.7. The number of pyridine rings is 1. The second-order valence-electron chi connectivity index (χ2n) is 9.51. The van der Waals surface area contributed by atoms with Crippen LogP contribution in [0.1, 0.15) is 56.6 Å². The smallest absolute Gasteiger partial charge is 0.303 e. The van der Waals surface area contributed by atoms with E-state index >= 15 is 0 Å². The summed E-state index contributed by atoms with van der Waals surface area (Å²) in [6, 6.07) is 7.59. The number of ether oxygens (including phenoxy) is 1. The molecule has 6 nitrogen and oxygen atoms in total. The summed E-state index contributed by atoms with van der Waals surface area (Å²) in [6.45, 7) is 2.93. The van der Waals surface area contributed by atoms with Crippen LogP contribution in [0.3, 0.4) is 0 Å². The standard InChI is InChI=1S/C26H36N2O4S/c1-32-20-6-7-24-23(16-20)22(9-11-27-24)25(29)8-5-18-10-12-28(17-19(18)15-26(30)31)13-14-33-21-3-2-4-21/h6-7,9,11,16,18-19,21,25,29H,2-5,8,10,12-15,17H2,1H3,(H,30,31)/t18-,19+,25?/m1/s1. The van der Waals surface area contributed by atoms with Crippen LogP contribution in [0.5, 0.6) is 5.75 Å². The topological polar surface area (TPSA) is 82.9 Å². The van der Waals surface area contributed by atoms with Gasteiger partial charge in [-0.3, -0.25) is 9.78 Å². The number of fused-ring (bicyclic) bond motifs is 1. The highest BCUT2D eigenvalue weighted by atomic mass is 32.2. The van der Waals surface area contributed by atoms with Crippen molar-refractivity contribution in [2.75, 3.05) is 32.5 Å². The molecule has 1 aliphatic carbocycles. The van der Waals surface area contributed by atoms with Gasteiger partial charge in [-0.1, -0.05) is 6.42 Å².